The third-order valence-electron chi connectivity index (χ3n) is 3.55. The molecule has 0 heterocycles. The Bertz CT molecular complexity index is 821. The van der Waals surface area contributed by atoms with Crippen molar-refractivity contribution in [3.8, 4) is 11.5 Å². The summed E-state index contributed by atoms with van der Waals surface area (Å²) in [7, 11) is 4.82. The lowest BCUT2D eigenvalue weighted by molar-refractivity contribution is 0.0827. The maximum absolute atomic E-state index is 12.6. The molecular weight excluding hydrogens is 356 g/mol. The molecule has 2 amide bonds. The van der Waals surface area contributed by atoms with Gasteiger partial charge in [0.25, 0.3) is 11.8 Å². The fourth-order valence-electron chi connectivity index (χ4n) is 2.33. The molecule has 0 aliphatic rings. The normalized spacial score (nSPS) is 10.2. The van der Waals surface area contributed by atoms with Gasteiger partial charge >= 0.3 is 0 Å². The predicted octanol–water partition coefficient (Wildman–Crippen LogP) is 3.70. The van der Waals surface area contributed by atoms with Gasteiger partial charge < -0.3 is 19.7 Å². The zero-order valence-corrected chi connectivity index (χ0v) is 15.9. The first-order valence-electron chi connectivity index (χ1n) is 8.00. The standard InChI is InChI=1S/C19H21ClN2O4/c1-5-26-17-15(20)10-13(11-16(17)25-4)18(23)21-14-8-6-7-12(9-14)19(24)22(2)3/h6-11H,5H2,1-4H3,(H,21,23). The van der Waals surface area contributed by atoms with E-state index >= 15 is 0 Å². The molecule has 1 N–H and O–H groups in total. The molecule has 0 saturated carbocycles. The van der Waals surface area contributed by atoms with E-state index in [4.69, 9.17) is 21.1 Å². The smallest absolute Gasteiger partial charge is 0.255 e. The molecule has 0 spiro atoms. The number of ether oxygens (including phenoxy) is 2. The van der Waals surface area contributed by atoms with Crippen molar-refractivity contribution in [3.05, 3.63) is 52.5 Å². The Kier molecular flexibility index (Phi) is 6.46. The van der Waals surface area contributed by atoms with Crippen LogP contribution in [0, 0.1) is 0 Å². The Hall–Kier alpha value is -2.73. The maximum atomic E-state index is 12.6. The average molecular weight is 377 g/mol. The van der Waals surface area contributed by atoms with Gasteiger partial charge in [0.15, 0.2) is 11.5 Å². The molecule has 138 valence electrons. The highest BCUT2D eigenvalue weighted by Crippen LogP contribution is 2.36. The van der Waals surface area contributed by atoms with Gasteiger partial charge in [-0.1, -0.05) is 17.7 Å². The van der Waals surface area contributed by atoms with Crippen LogP contribution in [-0.2, 0) is 0 Å². The van der Waals surface area contributed by atoms with Crippen LogP contribution in [-0.4, -0.2) is 44.5 Å². The van der Waals surface area contributed by atoms with E-state index in [9.17, 15) is 9.59 Å². The number of rotatable bonds is 6. The first-order valence-corrected chi connectivity index (χ1v) is 8.38. The van der Waals surface area contributed by atoms with Crippen LogP contribution in [0.1, 0.15) is 27.6 Å². The number of nitrogens with one attached hydrogen (secondary N) is 1. The molecule has 2 aromatic rings. The highest BCUT2D eigenvalue weighted by molar-refractivity contribution is 6.32. The summed E-state index contributed by atoms with van der Waals surface area (Å²) in [5.41, 5.74) is 1.31. The van der Waals surface area contributed by atoms with Gasteiger partial charge in [0.05, 0.1) is 18.7 Å². The molecule has 0 radical (unpaired) electrons. The maximum Gasteiger partial charge on any atom is 0.255 e. The van der Waals surface area contributed by atoms with E-state index in [2.05, 4.69) is 5.32 Å². The number of nitrogens with zero attached hydrogens (tertiary/aromatic N) is 1. The Balaban J connectivity index is 2.26. The molecule has 26 heavy (non-hydrogen) atoms. The summed E-state index contributed by atoms with van der Waals surface area (Å²) in [5, 5.41) is 3.04. The van der Waals surface area contributed by atoms with E-state index in [1.807, 2.05) is 6.92 Å². The summed E-state index contributed by atoms with van der Waals surface area (Å²) in [4.78, 5) is 26.1. The van der Waals surface area contributed by atoms with Crippen LogP contribution in [0.4, 0.5) is 5.69 Å². The van der Waals surface area contributed by atoms with Gasteiger partial charge in [0.2, 0.25) is 0 Å². The van der Waals surface area contributed by atoms with Crippen molar-refractivity contribution >= 4 is 29.1 Å². The zero-order chi connectivity index (χ0) is 19.3. The number of amides is 2. The van der Waals surface area contributed by atoms with Crippen LogP contribution in [0.2, 0.25) is 5.02 Å². The number of hydrogen-bond acceptors (Lipinski definition) is 4. The van der Waals surface area contributed by atoms with Crippen molar-refractivity contribution in [1.82, 2.24) is 4.90 Å². The molecule has 6 nitrogen and oxygen atoms in total. The molecule has 0 unspecified atom stereocenters. The molecule has 0 aliphatic heterocycles. The van der Waals surface area contributed by atoms with Crippen LogP contribution in [0.5, 0.6) is 11.5 Å². The number of hydrogen-bond donors (Lipinski definition) is 1. The number of carbonyl (C=O) groups is 2. The molecule has 2 aromatic carbocycles. The van der Waals surface area contributed by atoms with Crippen molar-refractivity contribution < 1.29 is 19.1 Å². The summed E-state index contributed by atoms with van der Waals surface area (Å²) in [6, 6.07) is 9.79. The van der Waals surface area contributed by atoms with Gasteiger partial charge in [-0.25, -0.2) is 0 Å². The van der Waals surface area contributed by atoms with Crippen LogP contribution < -0.4 is 14.8 Å². The second-order valence-electron chi connectivity index (χ2n) is 5.66. The lowest BCUT2D eigenvalue weighted by atomic mass is 10.1. The number of halogens is 1. The summed E-state index contributed by atoms with van der Waals surface area (Å²) in [6.45, 7) is 2.26. The van der Waals surface area contributed by atoms with Crippen molar-refractivity contribution in [2.45, 2.75) is 6.92 Å². The van der Waals surface area contributed by atoms with E-state index in [0.29, 0.717) is 34.9 Å². The van der Waals surface area contributed by atoms with E-state index in [0.717, 1.165) is 0 Å². The average Bonchev–Trinajstić information content (AvgIpc) is 2.62. The highest BCUT2D eigenvalue weighted by Gasteiger charge is 2.16. The largest absolute Gasteiger partial charge is 0.493 e. The summed E-state index contributed by atoms with van der Waals surface area (Å²) >= 11 is 6.21. The van der Waals surface area contributed by atoms with Crippen LogP contribution >= 0.6 is 11.6 Å². The predicted molar refractivity (Wildman–Crippen MR) is 102 cm³/mol. The topological polar surface area (TPSA) is 67.9 Å². The number of benzene rings is 2. The molecular formula is C19H21ClN2O4. The number of methoxy groups -OCH3 is 1. The third-order valence-corrected chi connectivity index (χ3v) is 3.83. The van der Waals surface area contributed by atoms with Gasteiger partial charge in [0, 0.05) is 30.9 Å². The summed E-state index contributed by atoms with van der Waals surface area (Å²) < 4.78 is 10.7. The van der Waals surface area contributed by atoms with Crippen LogP contribution in [0.3, 0.4) is 0 Å². The first kappa shape index (κ1) is 19.6. The Morgan fingerprint density at radius 3 is 2.50 bits per heavy atom. The van der Waals surface area contributed by atoms with Crippen molar-refractivity contribution in [1.29, 1.82) is 0 Å². The molecule has 0 bridgehead atoms. The Labute approximate surface area is 157 Å². The van der Waals surface area contributed by atoms with Gasteiger partial charge in [0.1, 0.15) is 0 Å². The molecule has 0 aromatic heterocycles. The quantitative estimate of drug-likeness (QED) is 0.834. The molecule has 0 fully saturated rings. The highest BCUT2D eigenvalue weighted by atomic mass is 35.5. The van der Waals surface area contributed by atoms with Crippen molar-refractivity contribution in [2.24, 2.45) is 0 Å². The van der Waals surface area contributed by atoms with Gasteiger partial charge in [-0.15, -0.1) is 0 Å². The number of carbonyl (C=O) groups excluding carboxylic acids is 2. The molecule has 0 saturated heterocycles. The molecule has 2 rings (SSSR count). The van der Waals surface area contributed by atoms with E-state index in [1.165, 1.54) is 18.1 Å². The second-order valence-corrected chi connectivity index (χ2v) is 6.06. The lowest BCUT2D eigenvalue weighted by Gasteiger charge is -2.14. The lowest BCUT2D eigenvalue weighted by Crippen LogP contribution is -2.22. The second kappa shape index (κ2) is 8.58. The summed E-state index contributed by atoms with van der Waals surface area (Å²) in [5.74, 6) is 0.252. The first-order chi connectivity index (χ1) is 12.4. The fourth-order valence-corrected chi connectivity index (χ4v) is 2.59. The van der Waals surface area contributed by atoms with Crippen molar-refractivity contribution in [3.63, 3.8) is 0 Å². The fraction of sp³-hybridized carbons (Fsp3) is 0.263. The van der Waals surface area contributed by atoms with Gasteiger partial charge in [-0.2, -0.15) is 0 Å². The van der Waals surface area contributed by atoms with Gasteiger partial charge in [-0.05, 0) is 37.3 Å². The SMILES string of the molecule is CCOc1c(Cl)cc(C(=O)Nc2cccc(C(=O)N(C)C)c2)cc1OC. The minimum atomic E-state index is -0.372. The Morgan fingerprint density at radius 2 is 1.88 bits per heavy atom. The third kappa shape index (κ3) is 4.46. The van der Waals surface area contributed by atoms with Crippen LogP contribution in [0.25, 0.3) is 0 Å². The van der Waals surface area contributed by atoms with Crippen molar-refractivity contribution in [2.75, 3.05) is 33.1 Å². The van der Waals surface area contributed by atoms with Crippen LogP contribution in [0.15, 0.2) is 36.4 Å². The number of anilines is 1. The monoisotopic (exact) mass is 376 g/mol. The zero-order valence-electron chi connectivity index (χ0n) is 15.1. The summed E-state index contributed by atoms with van der Waals surface area (Å²) in [6.07, 6.45) is 0. The van der Waals surface area contributed by atoms with E-state index < -0.39 is 0 Å². The molecule has 7 heteroatoms. The Morgan fingerprint density at radius 1 is 1.15 bits per heavy atom. The molecule has 0 aliphatic carbocycles. The minimum absolute atomic E-state index is 0.146. The minimum Gasteiger partial charge on any atom is -0.493 e. The van der Waals surface area contributed by atoms with E-state index in [1.54, 1.807) is 44.4 Å². The van der Waals surface area contributed by atoms with E-state index in [-0.39, 0.29) is 16.8 Å². The molecule has 0 atom stereocenters. The van der Waals surface area contributed by atoms with Gasteiger partial charge in [-0.3, -0.25) is 9.59 Å².